The first-order chi connectivity index (χ1) is 9.52. The van der Waals surface area contributed by atoms with E-state index < -0.39 is 11.4 Å². The predicted molar refractivity (Wildman–Crippen MR) is 81.0 cm³/mol. The molecule has 1 aliphatic heterocycles. The quantitative estimate of drug-likeness (QED) is 0.854. The lowest BCUT2D eigenvalue weighted by Gasteiger charge is -2.33. The van der Waals surface area contributed by atoms with Gasteiger partial charge in [-0.3, -0.25) is 4.79 Å². The average Bonchev–Trinajstić information content (AvgIpc) is 2.47. The maximum absolute atomic E-state index is 11.8. The van der Waals surface area contributed by atoms with Gasteiger partial charge in [-0.1, -0.05) is 37.3 Å². The van der Waals surface area contributed by atoms with Crippen LogP contribution in [0.25, 0.3) is 0 Å². The monoisotopic (exact) mass is 275 g/mol. The van der Waals surface area contributed by atoms with E-state index in [4.69, 9.17) is 11.5 Å². The second-order valence-corrected chi connectivity index (χ2v) is 5.98. The number of likely N-dealkylation sites (tertiary alicyclic amines) is 1. The summed E-state index contributed by atoms with van der Waals surface area (Å²) in [4.78, 5) is 14.2. The molecule has 4 heteroatoms. The zero-order valence-corrected chi connectivity index (χ0v) is 12.2. The lowest BCUT2D eigenvalue weighted by Crippen LogP contribution is -2.51. The summed E-state index contributed by atoms with van der Waals surface area (Å²) in [5.74, 6) is 0.355. The second-order valence-electron chi connectivity index (χ2n) is 5.98. The zero-order chi connectivity index (χ0) is 14.6. The molecule has 0 aliphatic carbocycles. The first-order valence-corrected chi connectivity index (χ1v) is 7.39. The number of nitrogens with zero attached hydrogens (tertiary/aromatic N) is 1. The van der Waals surface area contributed by atoms with Crippen molar-refractivity contribution in [1.82, 2.24) is 4.90 Å². The standard InChI is InChI=1S/C16H25N3O/c1-13-7-10-19(11-8-13)12-9-16(18,15(17)20)14-5-3-2-4-6-14/h2-6,13H,7-12,18H2,1H3,(H2,17,20). The van der Waals surface area contributed by atoms with Gasteiger partial charge in [-0.15, -0.1) is 0 Å². The van der Waals surface area contributed by atoms with Crippen LogP contribution in [0.15, 0.2) is 30.3 Å². The molecule has 1 aromatic carbocycles. The van der Waals surface area contributed by atoms with Crippen molar-refractivity contribution in [2.75, 3.05) is 19.6 Å². The van der Waals surface area contributed by atoms with Crippen LogP contribution >= 0.6 is 0 Å². The summed E-state index contributed by atoms with van der Waals surface area (Å²) in [6, 6.07) is 9.45. The van der Waals surface area contributed by atoms with Gasteiger partial charge in [0.1, 0.15) is 5.54 Å². The minimum absolute atomic E-state index is 0.450. The molecule has 1 aliphatic rings. The summed E-state index contributed by atoms with van der Waals surface area (Å²) >= 11 is 0. The van der Waals surface area contributed by atoms with Gasteiger partial charge in [0.25, 0.3) is 0 Å². The number of hydrogen-bond donors (Lipinski definition) is 2. The topological polar surface area (TPSA) is 72.3 Å². The van der Waals surface area contributed by atoms with E-state index in [-0.39, 0.29) is 0 Å². The Morgan fingerprint density at radius 2 is 1.90 bits per heavy atom. The van der Waals surface area contributed by atoms with Crippen molar-refractivity contribution in [3.8, 4) is 0 Å². The van der Waals surface area contributed by atoms with E-state index >= 15 is 0 Å². The molecular weight excluding hydrogens is 250 g/mol. The van der Waals surface area contributed by atoms with Crippen molar-refractivity contribution in [3.63, 3.8) is 0 Å². The molecule has 1 aromatic rings. The third-order valence-electron chi connectivity index (χ3n) is 4.43. The molecule has 0 saturated carbocycles. The van der Waals surface area contributed by atoms with Crippen LogP contribution < -0.4 is 11.5 Å². The Hall–Kier alpha value is -1.39. The fourth-order valence-electron chi connectivity index (χ4n) is 2.77. The Morgan fingerprint density at radius 1 is 1.30 bits per heavy atom. The molecule has 4 nitrogen and oxygen atoms in total. The van der Waals surface area contributed by atoms with Crippen molar-refractivity contribution >= 4 is 5.91 Å². The predicted octanol–water partition coefficient (Wildman–Crippen LogP) is 1.45. The number of nitrogens with two attached hydrogens (primary N) is 2. The molecule has 0 radical (unpaired) electrons. The van der Waals surface area contributed by atoms with Gasteiger partial charge in [-0.2, -0.15) is 0 Å². The van der Waals surface area contributed by atoms with Gasteiger partial charge >= 0.3 is 0 Å². The van der Waals surface area contributed by atoms with Crippen LogP contribution in [0, 0.1) is 5.92 Å². The molecule has 1 amide bonds. The van der Waals surface area contributed by atoms with Gasteiger partial charge in [-0.05, 0) is 43.8 Å². The van der Waals surface area contributed by atoms with Crippen LogP contribution in [0.1, 0.15) is 31.7 Å². The number of rotatable bonds is 5. The molecular formula is C16H25N3O. The summed E-state index contributed by atoms with van der Waals surface area (Å²) < 4.78 is 0. The van der Waals surface area contributed by atoms with E-state index in [1.165, 1.54) is 12.8 Å². The van der Waals surface area contributed by atoms with E-state index in [0.717, 1.165) is 31.1 Å². The van der Waals surface area contributed by atoms with Crippen molar-refractivity contribution in [1.29, 1.82) is 0 Å². The van der Waals surface area contributed by atoms with Gasteiger partial charge in [-0.25, -0.2) is 0 Å². The van der Waals surface area contributed by atoms with Gasteiger partial charge in [0.15, 0.2) is 0 Å². The molecule has 1 unspecified atom stereocenters. The number of primary amides is 1. The van der Waals surface area contributed by atoms with Crippen LogP contribution in [0.2, 0.25) is 0 Å². The number of piperidine rings is 1. The summed E-state index contributed by atoms with van der Waals surface area (Å²) in [6.45, 7) is 5.29. The maximum atomic E-state index is 11.8. The minimum atomic E-state index is -1.07. The van der Waals surface area contributed by atoms with Crippen LogP contribution in [0.3, 0.4) is 0 Å². The second kappa shape index (κ2) is 6.37. The average molecular weight is 275 g/mol. The molecule has 20 heavy (non-hydrogen) atoms. The Balaban J connectivity index is 2.01. The molecule has 110 valence electrons. The van der Waals surface area contributed by atoms with Crippen LogP contribution in [-0.4, -0.2) is 30.4 Å². The fraction of sp³-hybridized carbons (Fsp3) is 0.562. The van der Waals surface area contributed by atoms with Crippen LogP contribution in [0.5, 0.6) is 0 Å². The zero-order valence-electron chi connectivity index (χ0n) is 12.2. The first-order valence-electron chi connectivity index (χ1n) is 7.39. The Labute approximate surface area is 121 Å². The lowest BCUT2D eigenvalue weighted by molar-refractivity contribution is -0.123. The Morgan fingerprint density at radius 3 is 2.45 bits per heavy atom. The van der Waals surface area contributed by atoms with E-state index in [2.05, 4.69) is 11.8 Å². The van der Waals surface area contributed by atoms with Crippen molar-refractivity contribution in [2.24, 2.45) is 17.4 Å². The smallest absolute Gasteiger partial charge is 0.242 e. The SMILES string of the molecule is CC1CCN(CCC(N)(C(N)=O)c2ccccc2)CC1. The summed E-state index contributed by atoms with van der Waals surface area (Å²) in [5.41, 5.74) is 11.6. The number of benzene rings is 1. The molecule has 0 bridgehead atoms. The molecule has 0 aromatic heterocycles. The van der Waals surface area contributed by atoms with E-state index in [1.54, 1.807) is 0 Å². The highest BCUT2D eigenvalue weighted by molar-refractivity contribution is 5.85. The fourth-order valence-corrected chi connectivity index (χ4v) is 2.77. The van der Waals surface area contributed by atoms with Crippen molar-refractivity contribution in [3.05, 3.63) is 35.9 Å². The third-order valence-corrected chi connectivity index (χ3v) is 4.43. The van der Waals surface area contributed by atoms with Crippen LogP contribution in [-0.2, 0) is 10.3 Å². The molecule has 1 atom stereocenters. The van der Waals surface area contributed by atoms with E-state index in [1.807, 2.05) is 30.3 Å². The minimum Gasteiger partial charge on any atom is -0.368 e. The maximum Gasteiger partial charge on any atom is 0.242 e. The van der Waals surface area contributed by atoms with E-state index in [9.17, 15) is 4.79 Å². The third kappa shape index (κ3) is 3.38. The Bertz CT molecular complexity index is 440. The van der Waals surface area contributed by atoms with Crippen LogP contribution in [0.4, 0.5) is 0 Å². The normalized spacial score (nSPS) is 20.5. The number of carbonyl (C=O) groups excluding carboxylic acids is 1. The highest BCUT2D eigenvalue weighted by atomic mass is 16.1. The number of carbonyl (C=O) groups is 1. The summed E-state index contributed by atoms with van der Waals surface area (Å²) in [6.07, 6.45) is 3.01. The van der Waals surface area contributed by atoms with Gasteiger partial charge < -0.3 is 16.4 Å². The van der Waals surface area contributed by atoms with Gasteiger partial charge in [0.05, 0.1) is 0 Å². The highest BCUT2D eigenvalue weighted by Gasteiger charge is 2.34. The lowest BCUT2D eigenvalue weighted by atomic mass is 9.86. The molecule has 1 saturated heterocycles. The summed E-state index contributed by atoms with van der Waals surface area (Å²) in [7, 11) is 0. The summed E-state index contributed by atoms with van der Waals surface area (Å²) in [5, 5.41) is 0. The molecule has 4 N–H and O–H groups in total. The molecule has 1 fully saturated rings. The number of amides is 1. The Kier molecular flexibility index (Phi) is 4.78. The largest absolute Gasteiger partial charge is 0.368 e. The highest BCUT2D eigenvalue weighted by Crippen LogP contribution is 2.24. The number of hydrogen-bond acceptors (Lipinski definition) is 3. The van der Waals surface area contributed by atoms with Crippen molar-refractivity contribution in [2.45, 2.75) is 31.7 Å². The first kappa shape index (κ1) is 15.0. The van der Waals surface area contributed by atoms with E-state index in [0.29, 0.717) is 6.42 Å². The van der Waals surface area contributed by atoms with Gasteiger partial charge in [0.2, 0.25) is 5.91 Å². The molecule has 0 spiro atoms. The molecule has 1 heterocycles. The van der Waals surface area contributed by atoms with Gasteiger partial charge in [0, 0.05) is 6.54 Å². The van der Waals surface area contributed by atoms with Crippen molar-refractivity contribution < 1.29 is 4.79 Å². The molecule has 2 rings (SSSR count).